The second-order valence-corrected chi connectivity index (χ2v) is 1.62. The molecule has 0 amide bonds. The summed E-state index contributed by atoms with van der Waals surface area (Å²) in [5.41, 5.74) is 6.38. The van der Waals surface area contributed by atoms with Gasteiger partial charge in [0, 0.05) is 18.3 Å². The van der Waals surface area contributed by atoms with Crippen molar-refractivity contribution >= 4 is 0 Å². The van der Waals surface area contributed by atoms with Gasteiger partial charge in [-0.25, -0.2) is 4.98 Å². The number of nitrogens with two attached hydrogens (primary N) is 1. The summed E-state index contributed by atoms with van der Waals surface area (Å²) in [5, 5.41) is 0. The van der Waals surface area contributed by atoms with E-state index in [-0.39, 0.29) is 7.43 Å². The first-order chi connectivity index (χ1) is 3.93. The van der Waals surface area contributed by atoms with Crippen LogP contribution in [-0.4, -0.2) is 16.5 Å². The summed E-state index contributed by atoms with van der Waals surface area (Å²) in [7, 11) is 0. The highest BCUT2D eigenvalue weighted by atomic mass is 14.9. The molecule has 3 heteroatoms. The van der Waals surface area contributed by atoms with Crippen molar-refractivity contribution in [2.45, 2.75) is 13.8 Å². The van der Waals surface area contributed by atoms with Gasteiger partial charge in [-0.05, 0) is 6.54 Å². The van der Waals surface area contributed by atoms with E-state index < -0.39 is 0 Å². The van der Waals surface area contributed by atoms with Crippen LogP contribution in [0.3, 0.4) is 0 Å². The van der Waals surface area contributed by atoms with Gasteiger partial charge in [0.1, 0.15) is 0 Å². The molecule has 0 fully saturated rings. The van der Waals surface area contributed by atoms with Crippen LogP contribution < -0.4 is 5.73 Å². The molecule has 1 heterocycles. The normalized spacial score (nSPS) is 8.56. The number of rotatable bonds is 2. The van der Waals surface area contributed by atoms with Gasteiger partial charge in [0.2, 0.25) is 0 Å². The van der Waals surface area contributed by atoms with E-state index in [1.54, 1.807) is 12.5 Å². The molecular weight excluding hydrogens is 114 g/mol. The first-order valence-corrected chi connectivity index (χ1v) is 2.61. The largest absolute Gasteiger partial charge is 0.348 e. The van der Waals surface area contributed by atoms with Crippen LogP contribution in [0.15, 0.2) is 12.5 Å². The zero-order valence-corrected chi connectivity index (χ0v) is 4.59. The first-order valence-electron chi connectivity index (χ1n) is 2.61. The molecule has 0 aliphatic carbocycles. The number of imidazole rings is 1. The molecule has 3 nitrogen and oxygen atoms in total. The van der Waals surface area contributed by atoms with E-state index in [4.69, 9.17) is 5.73 Å². The highest BCUT2D eigenvalue weighted by molar-refractivity contribution is 4.93. The van der Waals surface area contributed by atoms with Gasteiger partial charge in [-0.3, -0.25) is 0 Å². The fraction of sp³-hybridized carbons (Fsp3) is 0.500. The summed E-state index contributed by atoms with van der Waals surface area (Å²) in [6, 6.07) is 0. The van der Waals surface area contributed by atoms with Crippen LogP contribution in [-0.2, 0) is 6.42 Å². The van der Waals surface area contributed by atoms with Gasteiger partial charge in [-0.15, -0.1) is 0 Å². The van der Waals surface area contributed by atoms with Gasteiger partial charge in [0.15, 0.2) is 0 Å². The molecule has 0 bridgehead atoms. The van der Waals surface area contributed by atoms with Crippen LogP contribution in [0, 0.1) is 0 Å². The van der Waals surface area contributed by atoms with Crippen molar-refractivity contribution < 1.29 is 0 Å². The van der Waals surface area contributed by atoms with Gasteiger partial charge in [0.25, 0.3) is 0 Å². The predicted octanol–water partition coefficient (Wildman–Crippen LogP) is 0.547. The smallest absolute Gasteiger partial charge is 0.0921 e. The average molecular weight is 127 g/mol. The van der Waals surface area contributed by atoms with E-state index in [1.807, 2.05) is 0 Å². The van der Waals surface area contributed by atoms with Crippen LogP contribution in [0.25, 0.3) is 0 Å². The number of nitrogens with zero attached hydrogens (tertiary/aromatic N) is 1. The third-order valence-corrected chi connectivity index (χ3v) is 0.969. The number of H-pyrrole nitrogens is 1. The van der Waals surface area contributed by atoms with Crippen molar-refractivity contribution in [3.8, 4) is 0 Å². The standard InChI is InChI=1S/C5H9N3.CH4/c6-2-1-5-3-7-4-8-5;/h3-4H,1-2,6H2,(H,7,8);1H4. The molecule has 0 unspecified atom stereocenters. The third kappa shape index (κ3) is 2.28. The minimum Gasteiger partial charge on any atom is -0.348 e. The van der Waals surface area contributed by atoms with Gasteiger partial charge in [-0.1, -0.05) is 7.43 Å². The molecule has 9 heavy (non-hydrogen) atoms. The molecule has 0 saturated carbocycles. The summed E-state index contributed by atoms with van der Waals surface area (Å²) >= 11 is 0. The van der Waals surface area contributed by atoms with E-state index >= 15 is 0 Å². The van der Waals surface area contributed by atoms with Crippen LogP contribution in [0.4, 0.5) is 0 Å². The Morgan fingerprint density at radius 1 is 1.67 bits per heavy atom. The Balaban J connectivity index is 0.000000640. The van der Waals surface area contributed by atoms with Gasteiger partial charge in [0.05, 0.1) is 6.33 Å². The molecule has 1 aromatic rings. The zero-order chi connectivity index (χ0) is 5.82. The minimum atomic E-state index is 0. The lowest BCUT2D eigenvalue weighted by Crippen LogP contribution is -2.02. The molecule has 0 saturated heterocycles. The summed E-state index contributed by atoms with van der Waals surface area (Å²) < 4.78 is 0. The number of nitrogens with one attached hydrogen (secondary N) is 1. The molecule has 1 rings (SSSR count). The summed E-state index contributed by atoms with van der Waals surface area (Å²) in [6.45, 7) is 0.683. The third-order valence-electron chi connectivity index (χ3n) is 0.969. The molecule has 0 aromatic carbocycles. The number of hydrogen-bond donors (Lipinski definition) is 2. The van der Waals surface area contributed by atoms with Gasteiger partial charge >= 0.3 is 0 Å². The Hall–Kier alpha value is -0.830. The van der Waals surface area contributed by atoms with Crippen LogP contribution >= 0.6 is 0 Å². The lowest BCUT2D eigenvalue weighted by molar-refractivity contribution is 0.935. The number of hydrogen-bond acceptors (Lipinski definition) is 2. The number of aromatic amines is 1. The maximum Gasteiger partial charge on any atom is 0.0921 e. The minimum absolute atomic E-state index is 0. The van der Waals surface area contributed by atoms with Crippen molar-refractivity contribution in [1.82, 2.24) is 9.97 Å². The second kappa shape index (κ2) is 4.09. The Morgan fingerprint density at radius 3 is 2.89 bits per heavy atom. The average Bonchev–Trinajstić information content (AvgIpc) is 2.19. The van der Waals surface area contributed by atoms with Crippen molar-refractivity contribution in [2.24, 2.45) is 5.73 Å². The van der Waals surface area contributed by atoms with Gasteiger partial charge < -0.3 is 10.7 Å². The van der Waals surface area contributed by atoms with Crippen molar-refractivity contribution in [3.05, 3.63) is 18.2 Å². The van der Waals surface area contributed by atoms with Gasteiger partial charge in [-0.2, -0.15) is 0 Å². The first kappa shape index (κ1) is 8.17. The molecule has 0 aliphatic rings. The maximum absolute atomic E-state index is 5.27. The van der Waals surface area contributed by atoms with Crippen molar-refractivity contribution in [3.63, 3.8) is 0 Å². The van der Waals surface area contributed by atoms with E-state index in [9.17, 15) is 0 Å². The van der Waals surface area contributed by atoms with E-state index in [1.165, 1.54) is 0 Å². The van der Waals surface area contributed by atoms with Crippen LogP contribution in [0.2, 0.25) is 0 Å². The maximum atomic E-state index is 5.27. The zero-order valence-electron chi connectivity index (χ0n) is 4.59. The van der Waals surface area contributed by atoms with Crippen molar-refractivity contribution in [1.29, 1.82) is 0 Å². The van der Waals surface area contributed by atoms with E-state index in [0.717, 1.165) is 12.1 Å². The quantitative estimate of drug-likeness (QED) is 0.609. The highest BCUT2D eigenvalue weighted by Gasteiger charge is 1.86. The Kier molecular flexibility index (Phi) is 3.71. The van der Waals surface area contributed by atoms with Crippen LogP contribution in [0.5, 0.6) is 0 Å². The summed E-state index contributed by atoms with van der Waals surface area (Å²) in [5.74, 6) is 0. The second-order valence-electron chi connectivity index (χ2n) is 1.62. The Labute approximate surface area is 55.3 Å². The molecule has 3 N–H and O–H groups in total. The highest BCUT2D eigenvalue weighted by Crippen LogP contribution is 1.88. The molecule has 52 valence electrons. The topological polar surface area (TPSA) is 54.7 Å². The predicted molar refractivity (Wildman–Crippen MR) is 38.1 cm³/mol. The molecular formula is C6H13N3. The molecule has 1 aromatic heterocycles. The SMILES string of the molecule is C.NCCc1cnc[nH]1. The van der Waals surface area contributed by atoms with Crippen LogP contribution in [0.1, 0.15) is 13.1 Å². The summed E-state index contributed by atoms with van der Waals surface area (Å²) in [4.78, 5) is 6.78. The molecule has 0 radical (unpaired) electrons. The molecule has 0 spiro atoms. The lowest BCUT2D eigenvalue weighted by Gasteiger charge is -1.86. The fourth-order valence-electron chi connectivity index (χ4n) is 0.577. The molecule has 0 atom stereocenters. The molecule has 0 aliphatic heterocycles. The van der Waals surface area contributed by atoms with E-state index in [0.29, 0.717) is 6.54 Å². The summed E-state index contributed by atoms with van der Waals surface area (Å²) in [6.07, 6.45) is 4.33. The van der Waals surface area contributed by atoms with E-state index in [2.05, 4.69) is 9.97 Å². The Morgan fingerprint density at radius 2 is 2.44 bits per heavy atom. The van der Waals surface area contributed by atoms with Crippen molar-refractivity contribution in [2.75, 3.05) is 6.54 Å². The number of aromatic nitrogens is 2. The Bertz CT molecular complexity index is 134. The fourth-order valence-corrected chi connectivity index (χ4v) is 0.577. The monoisotopic (exact) mass is 127 g/mol. The lowest BCUT2D eigenvalue weighted by atomic mass is 10.3.